The molecule has 1 rings (SSSR count). The van der Waals surface area contributed by atoms with Gasteiger partial charge < -0.3 is 10.2 Å². The molecule has 94 valence electrons. The standard InChI is InChI=1S/C11H14BrNO4/c1-7(6-14)10(5-13(16)17)9-4-8(12)2-3-11(9)15/h2-4,7,10,14-15H,5-6H2,1H3. The maximum atomic E-state index is 10.6. The lowest BCUT2D eigenvalue weighted by atomic mass is 9.87. The minimum absolute atomic E-state index is 0.0142. The molecule has 0 amide bonds. The van der Waals surface area contributed by atoms with E-state index in [9.17, 15) is 15.2 Å². The third kappa shape index (κ3) is 3.67. The molecule has 2 unspecified atom stereocenters. The van der Waals surface area contributed by atoms with Gasteiger partial charge in [0.25, 0.3) is 0 Å². The van der Waals surface area contributed by atoms with E-state index in [4.69, 9.17) is 5.11 Å². The summed E-state index contributed by atoms with van der Waals surface area (Å²) in [6, 6.07) is 4.79. The molecular weight excluding hydrogens is 290 g/mol. The number of aliphatic hydroxyl groups is 1. The molecule has 0 aliphatic heterocycles. The summed E-state index contributed by atoms with van der Waals surface area (Å²) in [5.41, 5.74) is 0.484. The molecular formula is C11H14BrNO4. The van der Waals surface area contributed by atoms with E-state index in [1.165, 1.54) is 6.07 Å². The average molecular weight is 304 g/mol. The van der Waals surface area contributed by atoms with E-state index in [0.717, 1.165) is 4.47 Å². The highest BCUT2D eigenvalue weighted by Crippen LogP contribution is 2.33. The van der Waals surface area contributed by atoms with Crippen LogP contribution in [0.2, 0.25) is 0 Å². The van der Waals surface area contributed by atoms with Crippen LogP contribution in [-0.4, -0.2) is 28.3 Å². The van der Waals surface area contributed by atoms with E-state index in [0.29, 0.717) is 5.56 Å². The maximum Gasteiger partial charge on any atom is 0.211 e. The molecule has 0 aromatic heterocycles. The molecule has 0 aliphatic carbocycles. The summed E-state index contributed by atoms with van der Waals surface area (Å²) in [5.74, 6) is -0.784. The normalized spacial score (nSPS) is 14.3. The average Bonchev–Trinajstić information content (AvgIpc) is 2.28. The van der Waals surface area contributed by atoms with Crippen molar-refractivity contribution in [3.63, 3.8) is 0 Å². The molecule has 0 saturated carbocycles. The van der Waals surface area contributed by atoms with Crippen LogP contribution >= 0.6 is 15.9 Å². The molecule has 2 atom stereocenters. The molecule has 0 heterocycles. The molecule has 0 bridgehead atoms. The zero-order valence-corrected chi connectivity index (χ0v) is 10.9. The third-order valence-corrected chi connectivity index (χ3v) is 3.20. The van der Waals surface area contributed by atoms with Crippen molar-refractivity contribution in [3.05, 3.63) is 38.3 Å². The van der Waals surface area contributed by atoms with E-state index < -0.39 is 10.8 Å². The fraction of sp³-hybridized carbons (Fsp3) is 0.455. The Balaban J connectivity index is 3.11. The predicted octanol–water partition coefficient (Wildman–Crippen LogP) is 2.14. The fourth-order valence-corrected chi connectivity index (χ4v) is 2.07. The summed E-state index contributed by atoms with van der Waals surface area (Å²) in [6.07, 6.45) is 0. The third-order valence-electron chi connectivity index (χ3n) is 2.71. The van der Waals surface area contributed by atoms with Gasteiger partial charge in [-0.25, -0.2) is 0 Å². The van der Waals surface area contributed by atoms with Gasteiger partial charge in [0.1, 0.15) is 5.75 Å². The van der Waals surface area contributed by atoms with Crippen LogP contribution in [0, 0.1) is 16.0 Å². The minimum Gasteiger partial charge on any atom is -0.508 e. The summed E-state index contributed by atoms with van der Waals surface area (Å²) >= 11 is 3.26. The Morgan fingerprint density at radius 3 is 2.71 bits per heavy atom. The highest BCUT2D eigenvalue weighted by Gasteiger charge is 2.26. The topological polar surface area (TPSA) is 83.6 Å². The summed E-state index contributed by atoms with van der Waals surface area (Å²) < 4.78 is 0.740. The summed E-state index contributed by atoms with van der Waals surface area (Å²) in [5, 5.41) is 29.5. The number of hydrogen-bond acceptors (Lipinski definition) is 4. The number of benzene rings is 1. The summed E-state index contributed by atoms with van der Waals surface area (Å²) in [6.45, 7) is 1.24. The van der Waals surface area contributed by atoms with Crippen molar-refractivity contribution in [2.75, 3.05) is 13.2 Å². The van der Waals surface area contributed by atoms with Gasteiger partial charge in [-0.2, -0.15) is 0 Å². The molecule has 1 aromatic carbocycles. The first-order valence-corrected chi connectivity index (χ1v) is 5.96. The lowest BCUT2D eigenvalue weighted by molar-refractivity contribution is -0.485. The summed E-state index contributed by atoms with van der Waals surface area (Å²) in [4.78, 5) is 10.2. The number of phenolic OH excluding ortho intramolecular Hbond substituents is 1. The van der Waals surface area contributed by atoms with Gasteiger partial charge in [-0.1, -0.05) is 22.9 Å². The van der Waals surface area contributed by atoms with Gasteiger partial charge in [0.15, 0.2) is 0 Å². The van der Waals surface area contributed by atoms with Crippen molar-refractivity contribution in [1.29, 1.82) is 0 Å². The highest BCUT2D eigenvalue weighted by molar-refractivity contribution is 9.10. The number of hydrogen-bond donors (Lipinski definition) is 2. The first kappa shape index (κ1) is 13.9. The molecule has 5 nitrogen and oxygen atoms in total. The van der Waals surface area contributed by atoms with Crippen LogP contribution in [0.1, 0.15) is 18.4 Å². The number of rotatable bonds is 5. The second kappa shape index (κ2) is 5.97. The van der Waals surface area contributed by atoms with Gasteiger partial charge in [-0.05, 0) is 24.1 Å². The van der Waals surface area contributed by atoms with Crippen molar-refractivity contribution < 1.29 is 15.1 Å². The van der Waals surface area contributed by atoms with Crippen LogP contribution in [0.5, 0.6) is 5.75 Å². The fourth-order valence-electron chi connectivity index (χ4n) is 1.70. The van der Waals surface area contributed by atoms with Crippen molar-refractivity contribution >= 4 is 15.9 Å². The lowest BCUT2D eigenvalue weighted by Gasteiger charge is -2.20. The van der Waals surface area contributed by atoms with Crippen LogP contribution in [0.25, 0.3) is 0 Å². The Bertz CT molecular complexity index is 410. The van der Waals surface area contributed by atoms with Crippen molar-refractivity contribution in [1.82, 2.24) is 0 Å². The second-order valence-electron chi connectivity index (χ2n) is 3.98. The number of halogens is 1. The van der Waals surface area contributed by atoms with Gasteiger partial charge in [0.05, 0.1) is 5.92 Å². The molecule has 1 aromatic rings. The van der Waals surface area contributed by atoms with Crippen molar-refractivity contribution in [3.8, 4) is 5.75 Å². The number of nitrogens with zero attached hydrogens (tertiary/aromatic N) is 1. The Labute approximate surface area is 107 Å². The van der Waals surface area contributed by atoms with E-state index in [1.807, 2.05) is 0 Å². The van der Waals surface area contributed by atoms with Gasteiger partial charge >= 0.3 is 0 Å². The second-order valence-corrected chi connectivity index (χ2v) is 4.90. The molecule has 0 fully saturated rings. The smallest absolute Gasteiger partial charge is 0.211 e. The van der Waals surface area contributed by atoms with Gasteiger partial charge in [-0.3, -0.25) is 10.1 Å². The largest absolute Gasteiger partial charge is 0.508 e. The highest BCUT2D eigenvalue weighted by atomic mass is 79.9. The number of phenols is 1. The molecule has 0 saturated heterocycles. The Morgan fingerprint density at radius 1 is 1.53 bits per heavy atom. The van der Waals surface area contributed by atoms with E-state index in [2.05, 4.69) is 15.9 Å². The van der Waals surface area contributed by atoms with Gasteiger partial charge in [0, 0.05) is 21.6 Å². The van der Waals surface area contributed by atoms with Crippen LogP contribution in [0.3, 0.4) is 0 Å². The Kier molecular flexibility index (Phi) is 4.89. The van der Waals surface area contributed by atoms with E-state index in [1.54, 1.807) is 19.1 Å². The number of aromatic hydroxyl groups is 1. The lowest BCUT2D eigenvalue weighted by Crippen LogP contribution is -2.22. The molecule has 6 heteroatoms. The quantitative estimate of drug-likeness (QED) is 0.645. The van der Waals surface area contributed by atoms with Gasteiger partial charge in [0.2, 0.25) is 6.54 Å². The van der Waals surface area contributed by atoms with Crippen LogP contribution in [-0.2, 0) is 0 Å². The summed E-state index contributed by atoms with van der Waals surface area (Å²) in [7, 11) is 0. The zero-order valence-electron chi connectivity index (χ0n) is 9.34. The van der Waals surface area contributed by atoms with Crippen LogP contribution in [0.15, 0.2) is 22.7 Å². The first-order valence-electron chi connectivity index (χ1n) is 5.16. The Morgan fingerprint density at radius 2 is 2.18 bits per heavy atom. The maximum absolute atomic E-state index is 10.6. The number of aliphatic hydroxyl groups excluding tert-OH is 1. The van der Waals surface area contributed by atoms with Gasteiger partial charge in [-0.15, -0.1) is 0 Å². The monoisotopic (exact) mass is 303 g/mol. The predicted molar refractivity (Wildman–Crippen MR) is 66.7 cm³/mol. The van der Waals surface area contributed by atoms with Crippen molar-refractivity contribution in [2.24, 2.45) is 5.92 Å². The van der Waals surface area contributed by atoms with Crippen LogP contribution < -0.4 is 0 Å². The SMILES string of the molecule is CC(CO)C(C[N+](=O)[O-])c1cc(Br)ccc1O. The molecule has 2 N–H and O–H groups in total. The van der Waals surface area contributed by atoms with Crippen molar-refractivity contribution in [2.45, 2.75) is 12.8 Å². The zero-order chi connectivity index (χ0) is 13.0. The van der Waals surface area contributed by atoms with Crippen LogP contribution in [0.4, 0.5) is 0 Å². The minimum atomic E-state index is -0.507. The van der Waals surface area contributed by atoms with E-state index >= 15 is 0 Å². The molecule has 0 radical (unpaired) electrons. The first-order chi connectivity index (χ1) is 7.95. The Hall–Kier alpha value is -1.14. The molecule has 0 spiro atoms. The number of nitro groups is 1. The molecule has 0 aliphatic rings. The molecule has 17 heavy (non-hydrogen) atoms. The van der Waals surface area contributed by atoms with E-state index in [-0.39, 0.29) is 24.8 Å².